The molecular weight excluding hydrogens is 466 g/mol. The molecule has 1 unspecified atom stereocenters. The first-order chi connectivity index (χ1) is 18.1. The first-order valence-electron chi connectivity index (χ1n) is 12.6. The highest BCUT2D eigenvalue weighted by Crippen LogP contribution is 2.38. The van der Waals surface area contributed by atoms with E-state index in [1.165, 1.54) is 5.06 Å². The summed E-state index contributed by atoms with van der Waals surface area (Å²) in [5.74, 6) is 1.41. The molecule has 1 aliphatic heterocycles. The van der Waals surface area contributed by atoms with Crippen LogP contribution in [0.2, 0.25) is 0 Å². The van der Waals surface area contributed by atoms with Crippen LogP contribution in [0.25, 0.3) is 22.5 Å². The lowest BCUT2D eigenvalue weighted by Gasteiger charge is -2.39. The third-order valence-corrected chi connectivity index (χ3v) is 6.83. The topological polar surface area (TPSA) is 116 Å². The van der Waals surface area contributed by atoms with Gasteiger partial charge in [-0.1, -0.05) is 74.4 Å². The Morgan fingerprint density at radius 2 is 1.86 bits per heavy atom. The van der Waals surface area contributed by atoms with Crippen molar-refractivity contribution in [1.82, 2.24) is 35.2 Å². The average molecular weight is 498 g/mol. The first-order valence-corrected chi connectivity index (χ1v) is 12.6. The third-order valence-electron chi connectivity index (χ3n) is 6.83. The molecule has 3 heterocycles. The molecule has 9 nitrogen and oxygen atoms in total. The summed E-state index contributed by atoms with van der Waals surface area (Å²) in [4.78, 5) is 4.70. The van der Waals surface area contributed by atoms with E-state index in [-0.39, 0.29) is 6.61 Å². The molecular formula is C28H31N7O2. The van der Waals surface area contributed by atoms with Crippen molar-refractivity contribution in [3.63, 3.8) is 0 Å². The molecule has 4 aromatic rings. The van der Waals surface area contributed by atoms with Crippen LogP contribution < -0.4 is 0 Å². The van der Waals surface area contributed by atoms with Crippen LogP contribution in [0.3, 0.4) is 0 Å². The summed E-state index contributed by atoms with van der Waals surface area (Å²) in [6.07, 6.45) is 12.6. The highest BCUT2D eigenvalue weighted by molar-refractivity contribution is 5.80. The van der Waals surface area contributed by atoms with Gasteiger partial charge in [0.25, 0.3) is 0 Å². The zero-order chi connectivity index (χ0) is 25.7. The predicted octanol–water partition coefficient (Wildman–Crippen LogP) is 4.69. The predicted molar refractivity (Wildman–Crippen MR) is 140 cm³/mol. The fourth-order valence-corrected chi connectivity index (χ4v) is 4.86. The zero-order valence-electron chi connectivity index (χ0n) is 20.8. The maximum atomic E-state index is 11.1. The summed E-state index contributed by atoms with van der Waals surface area (Å²) in [5.41, 5.74) is 4.29. The van der Waals surface area contributed by atoms with Gasteiger partial charge in [0, 0.05) is 37.3 Å². The third kappa shape index (κ3) is 4.96. The summed E-state index contributed by atoms with van der Waals surface area (Å²) < 4.78 is 2.09. The molecule has 9 heteroatoms. The highest BCUT2D eigenvalue weighted by atomic mass is 16.5. The van der Waals surface area contributed by atoms with Gasteiger partial charge >= 0.3 is 0 Å². The Morgan fingerprint density at radius 1 is 1.05 bits per heavy atom. The minimum Gasteiger partial charge on any atom is -0.396 e. The van der Waals surface area contributed by atoms with Gasteiger partial charge in [0.15, 0.2) is 5.82 Å². The molecule has 190 valence electrons. The molecule has 0 radical (unpaired) electrons. The van der Waals surface area contributed by atoms with E-state index < -0.39 is 5.54 Å². The Labute approximate surface area is 215 Å². The number of hydrogen-bond donors (Lipinski definition) is 3. The molecule has 0 aliphatic carbocycles. The average Bonchev–Trinajstić information content (AvgIpc) is 3.62. The smallest absolute Gasteiger partial charge is 0.180 e. The van der Waals surface area contributed by atoms with Crippen molar-refractivity contribution in [3.8, 4) is 22.5 Å². The number of aliphatic hydroxyl groups is 1. The van der Waals surface area contributed by atoms with Gasteiger partial charge in [-0.25, -0.2) is 15.1 Å². The number of nitrogens with one attached hydrogen (secondary N) is 1. The summed E-state index contributed by atoms with van der Waals surface area (Å²) in [7, 11) is 0. The van der Waals surface area contributed by atoms with Crippen molar-refractivity contribution in [2.24, 2.45) is 0 Å². The van der Waals surface area contributed by atoms with Gasteiger partial charge in [-0.15, -0.1) is 5.10 Å². The van der Waals surface area contributed by atoms with E-state index in [0.717, 1.165) is 52.9 Å². The Morgan fingerprint density at radius 3 is 2.57 bits per heavy atom. The van der Waals surface area contributed by atoms with Crippen LogP contribution in [0.4, 0.5) is 0 Å². The number of nitrogens with zero attached hydrogens (tertiary/aromatic N) is 6. The molecule has 0 spiro atoms. The van der Waals surface area contributed by atoms with Crippen molar-refractivity contribution < 1.29 is 10.3 Å². The molecule has 2 aromatic carbocycles. The van der Waals surface area contributed by atoms with E-state index in [1.54, 1.807) is 12.4 Å². The number of hydrogen-bond acceptors (Lipinski definition) is 7. The lowest BCUT2D eigenvalue weighted by atomic mass is 9.87. The van der Waals surface area contributed by atoms with Crippen molar-refractivity contribution >= 4 is 0 Å². The maximum Gasteiger partial charge on any atom is 0.180 e. The lowest BCUT2D eigenvalue weighted by molar-refractivity contribution is -0.125. The quantitative estimate of drug-likeness (QED) is 0.291. The number of imidazole rings is 1. The fourth-order valence-electron chi connectivity index (χ4n) is 4.86. The second kappa shape index (κ2) is 10.9. The molecule has 1 aliphatic rings. The van der Waals surface area contributed by atoms with Crippen molar-refractivity contribution in [2.75, 3.05) is 6.61 Å². The number of tetrazole rings is 1. The summed E-state index contributed by atoms with van der Waals surface area (Å²) in [5, 5.41) is 36.0. The minimum absolute atomic E-state index is 0.0381. The van der Waals surface area contributed by atoms with Crippen LogP contribution in [0, 0.1) is 0 Å². The Bertz CT molecular complexity index is 1380. The van der Waals surface area contributed by atoms with Gasteiger partial charge < -0.3 is 9.67 Å². The van der Waals surface area contributed by atoms with Crippen LogP contribution in [0.1, 0.15) is 44.0 Å². The minimum atomic E-state index is -0.761. The Kier molecular flexibility index (Phi) is 7.25. The monoisotopic (exact) mass is 497 g/mol. The molecule has 0 fully saturated rings. The van der Waals surface area contributed by atoms with Gasteiger partial charge in [0.05, 0.1) is 0 Å². The Hall–Kier alpha value is -4.08. The highest BCUT2D eigenvalue weighted by Gasteiger charge is 2.40. The van der Waals surface area contributed by atoms with Crippen LogP contribution in [-0.4, -0.2) is 52.2 Å². The van der Waals surface area contributed by atoms with E-state index in [2.05, 4.69) is 62.4 Å². The summed E-state index contributed by atoms with van der Waals surface area (Å²) >= 11 is 0. The number of allylic oxidation sites excluding steroid dienone is 1. The van der Waals surface area contributed by atoms with E-state index in [4.69, 9.17) is 4.98 Å². The number of H-pyrrole nitrogens is 1. The summed E-state index contributed by atoms with van der Waals surface area (Å²) in [6, 6.07) is 16.5. The van der Waals surface area contributed by atoms with E-state index >= 15 is 0 Å². The van der Waals surface area contributed by atoms with E-state index in [9.17, 15) is 10.3 Å². The number of benzene rings is 2. The van der Waals surface area contributed by atoms with Gasteiger partial charge in [0.1, 0.15) is 11.4 Å². The van der Waals surface area contributed by atoms with E-state index in [1.807, 2.05) is 36.5 Å². The second-order valence-electron chi connectivity index (χ2n) is 9.25. The fraction of sp³-hybridized carbons (Fsp3) is 0.286. The largest absolute Gasteiger partial charge is 0.396 e. The number of aromatic nitrogens is 6. The van der Waals surface area contributed by atoms with Crippen LogP contribution >= 0.6 is 0 Å². The molecule has 0 bridgehead atoms. The normalized spacial score (nSPS) is 17.3. The summed E-state index contributed by atoms with van der Waals surface area (Å²) in [6.45, 7) is 2.79. The SMILES string of the molecule is CCCCC1(c2nccn2Cc2ccc(-c3ccccc3-c3nnn[nH]3)cc2)C=CC(CCO)=CN1O. The molecule has 0 amide bonds. The number of unbranched alkanes of at least 4 members (excludes halogenated alkanes) is 1. The molecule has 5 rings (SSSR count). The number of rotatable bonds is 10. The second-order valence-corrected chi connectivity index (χ2v) is 9.25. The molecule has 3 N–H and O–H groups in total. The van der Waals surface area contributed by atoms with Gasteiger partial charge in [-0.2, -0.15) is 0 Å². The zero-order valence-corrected chi connectivity index (χ0v) is 20.8. The molecule has 37 heavy (non-hydrogen) atoms. The van der Waals surface area contributed by atoms with Crippen molar-refractivity contribution in [1.29, 1.82) is 0 Å². The van der Waals surface area contributed by atoms with Crippen LogP contribution in [0.15, 0.2) is 84.8 Å². The Balaban J connectivity index is 1.42. The van der Waals surface area contributed by atoms with Crippen molar-refractivity contribution in [2.45, 2.75) is 44.7 Å². The molecule has 0 saturated heterocycles. The number of hydroxylamine groups is 2. The number of aromatic amines is 1. The molecule has 2 aromatic heterocycles. The maximum absolute atomic E-state index is 11.1. The van der Waals surface area contributed by atoms with Crippen molar-refractivity contribution in [3.05, 3.63) is 96.2 Å². The van der Waals surface area contributed by atoms with Gasteiger partial charge in [-0.05, 0) is 51.6 Å². The van der Waals surface area contributed by atoms with Crippen LogP contribution in [-0.2, 0) is 12.1 Å². The van der Waals surface area contributed by atoms with E-state index in [0.29, 0.717) is 18.8 Å². The standard InChI is InChI=1S/C28H31N7O2/c1-2-3-14-28(15-12-22(13-18-36)20-35(28)37)27-29-16-17-34(27)19-21-8-10-23(11-9-21)24-6-4-5-7-25(24)26-30-32-33-31-26/h4-12,15-17,20,36-37H,2-3,13-14,18-19H2,1H3,(H,30,31,32,33). The lowest BCUT2D eigenvalue weighted by Crippen LogP contribution is -2.43. The number of aliphatic hydroxyl groups excluding tert-OH is 1. The van der Waals surface area contributed by atoms with Crippen LogP contribution in [0.5, 0.6) is 0 Å². The molecule has 0 saturated carbocycles. The van der Waals surface area contributed by atoms with Gasteiger partial charge in [0.2, 0.25) is 0 Å². The molecule has 1 atom stereocenters. The van der Waals surface area contributed by atoms with Gasteiger partial charge in [-0.3, -0.25) is 5.21 Å². The first kappa shape index (κ1) is 24.6.